The Labute approximate surface area is 102 Å². The third-order valence-corrected chi connectivity index (χ3v) is 2.97. The third kappa shape index (κ3) is 3.47. The maximum Gasteiger partial charge on any atom is 0.244 e. The fourth-order valence-corrected chi connectivity index (χ4v) is 1.90. The van der Waals surface area contributed by atoms with Gasteiger partial charge in [-0.25, -0.2) is 0 Å². The van der Waals surface area contributed by atoms with E-state index in [2.05, 4.69) is 12.0 Å². The molecule has 0 saturated heterocycles. The zero-order chi connectivity index (χ0) is 12.3. The fraction of sp³-hybridized carbons (Fsp3) is 0.667. The van der Waals surface area contributed by atoms with Crippen LogP contribution in [0, 0.1) is 5.92 Å². The first-order valence-corrected chi connectivity index (χ1v) is 6.24. The summed E-state index contributed by atoms with van der Waals surface area (Å²) >= 11 is 0. The monoisotopic (exact) mass is 236 g/mol. The molecule has 0 bridgehead atoms. The summed E-state index contributed by atoms with van der Waals surface area (Å²) in [5.41, 5.74) is 6.17. The lowest BCUT2D eigenvalue weighted by Gasteiger charge is -2.21. The topological polar surface area (TPSA) is 64.2 Å². The molecule has 1 amide bonds. The van der Waals surface area contributed by atoms with E-state index in [1.165, 1.54) is 12.8 Å². The predicted octanol–water partition coefficient (Wildman–Crippen LogP) is 1.11. The number of carbonyl (C=O) groups excluding carboxylic acids is 1. The number of nitrogens with zero attached hydrogens (tertiary/aromatic N) is 3. The summed E-state index contributed by atoms with van der Waals surface area (Å²) < 4.78 is 1.60. The standard InChI is InChI=1S/C12H20N4O/c1-2-5-15(7-10-3-4-10)12(17)9-16-8-11(13)6-14-16/h6,8,10H,2-5,7,9,13H2,1H3. The third-order valence-electron chi connectivity index (χ3n) is 2.97. The number of hydrogen-bond donors (Lipinski definition) is 1. The van der Waals surface area contributed by atoms with Crippen molar-refractivity contribution in [3.05, 3.63) is 12.4 Å². The van der Waals surface area contributed by atoms with Gasteiger partial charge in [-0.1, -0.05) is 6.92 Å². The Morgan fingerprint density at radius 1 is 1.65 bits per heavy atom. The van der Waals surface area contributed by atoms with E-state index in [0.717, 1.165) is 25.4 Å². The second kappa shape index (κ2) is 5.21. The van der Waals surface area contributed by atoms with Crippen molar-refractivity contribution in [2.24, 2.45) is 5.92 Å². The first-order chi connectivity index (χ1) is 8.19. The molecule has 0 unspecified atom stereocenters. The minimum Gasteiger partial charge on any atom is -0.396 e. The fourth-order valence-electron chi connectivity index (χ4n) is 1.90. The van der Waals surface area contributed by atoms with E-state index < -0.39 is 0 Å². The second-order valence-electron chi connectivity index (χ2n) is 4.75. The quantitative estimate of drug-likeness (QED) is 0.804. The van der Waals surface area contributed by atoms with Crippen LogP contribution in [0.3, 0.4) is 0 Å². The summed E-state index contributed by atoms with van der Waals surface area (Å²) in [5.74, 6) is 0.870. The van der Waals surface area contributed by atoms with E-state index in [1.807, 2.05) is 4.90 Å². The van der Waals surface area contributed by atoms with Gasteiger partial charge in [-0.2, -0.15) is 5.10 Å². The molecule has 2 rings (SSSR count). The number of carbonyl (C=O) groups is 1. The van der Waals surface area contributed by atoms with Crippen molar-refractivity contribution < 1.29 is 4.79 Å². The van der Waals surface area contributed by atoms with Crippen molar-refractivity contribution in [2.45, 2.75) is 32.7 Å². The zero-order valence-corrected chi connectivity index (χ0v) is 10.3. The highest BCUT2D eigenvalue weighted by Gasteiger charge is 2.26. The zero-order valence-electron chi connectivity index (χ0n) is 10.3. The van der Waals surface area contributed by atoms with Gasteiger partial charge in [-0.3, -0.25) is 9.48 Å². The summed E-state index contributed by atoms with van der Waals surface area (Å²) in [6.45, 7) is 4.14. The molecule has 1 saturated carbocycles. The molecular weight excluding hydrogens is 216 g/mol. The summed E-state index contributed by atoms with van der Waals surface area (Å²) in [7, 11) is 0. The number of anilines is 1. The Morgan fingerprint density at radius 3 is 2.94 bits per heavy atom. The number of nitrogens with two attached hydrogens (primary N) is 1. The van der Waals surface area contributed by atoms with Gasteiger partial charge in [0.2, 0.25) is 5.91 Å². The van der Waals surface area contributed by atoms with Crippen molar-refractivity contribution in [1.29, 1.82) is 0 Å². The van der Waals surface area contributed by atoms with Crippen LogP contribution in [0.25, 0.3) is 0 Å². The molecule has 0 spiro atoms. The molecule has 0 aliphatic heterocycles. The van der Waals surface area contributed by atoms with Crippen LogP contribution in [0.5, 0.6) is 0 Å². The minimum atomic E-state index is 0.141. The number of amides is 1. The van der Waals surface area contributed by atoms with Crippen LogP contribution >= 0.6 is 0 Å². The maximum atomic E-state index is 12.1. The summed E-state index contributed by atoms with van der Waals surface area (Å²) in [5, 5.41) is 4.04. The van der Waals surface area contributed by atoms with Crippen LogP contribution in [0.1, 0.15) is 26.2 Å². The highest BCUT2D eigenvalue weighted by molar-refractivity contribution is 5.76. The molecule has 0 radical (unpaired) electrons. The molecule has 2 N–H and O–H groups in total. The van der Waals surface area contributed by atoms with Crippen molar-refractivity contribution in [1.82, 2.24) is 14.7 Å². The SMILES string of the molecule is CCCN(CC1CC1)C(=O)Cn1cc(N)cn1. The maximum absolute atomic E-state index is 12.1. The van der Waals surface area contributed by atoms with Gasteiger partial charge in [-0.05, 0) is 25.2 Å². The molecule has 1 aliphatic rings. The van der Waals surface area contributed by atoms with Gasteiger partial charge in [0.05, 0.1) is 11.9 Å². The normalized spacial score (nSPS) is 14.9. The lowest BCUT2D eigenvalue weighted by Crippen LogP contribution is -2.36. The molecule has 1 aromatic heterocycles. The predicted molar refractivity (Wildman–Crippen MR) is 66.2 cm³/mol. The Morgan fingerprint density at radius 2 is 2.41 bits per heavy atom. The van der Waals surface area contributed by atoms with Gasteiger partial charge in [0.1, 0.15) is 6.54 Å². The van der Waals surface area contributed by atoms with E-state index >= 15 is 0 Å². The highest BCUT2D eigenvalue weighted by atomic mass is 16.2. The Hall–Kier alpha value is -1.52. The van der Waals surface area contributed by atoms with Crippen LogP contribution in [-0.4, -0.2) is 33.7 Å². The molecule has 0 aromatic carbocycles. The average molecular weight is 236 g/mol. The Bertz CT molecular complexity index is 384. The lowest BCUT2D eigenvalue weighted by molar-refractivity contribution is -0.132. The van der Waals surface area contributed by atoms with Gasteiger partial charge < -0.3 is 10.6 Å². The van der Waals surface area contributed by atoms with Crippen molar-refractivity contribution in [3.63, 3.8) is 0 Å². The molecule has 5 heteroatoms. The van der Waals surface area contributed by atoms with Crippen molar-refractivity contribution >= 4 is 11.6 Å². The van der Waals surface area contributed by atoms with Gasteiger partial charge in [-0.15, -0.1) is 0 Å². The molecule has 17 heavy (non-hydrogen) atoms. The van der Waals surface area contributed by atoms with Crippen LogP contribution < -0.4 is 5.73 Å². The average Bonchev–Trinajstić information content (AvgIpc) is 3.01. The van der Waals surface area contributed by atoms with Crippen LogP contribution in [0.2, 0.25) is 0 Å². The first-order valence-electron chi connectivity index (χ1n) is 6.24. The van der Waals surface area contributed by atoms with E-state index in [0.29, 0.717) is 12.2 Å². The van der Waals surface area contributed by atoms with E-state index in [4.69, 9.17) is 5.73 Å². The lowest BCUT2D eigenvalue weighted by atomic mass is 10.3. The Kier molecular flexibility index (Phi) is 3.66. The summed E-state index contributed by atoms with van der Waals surface area (Å²) in [6.07, 6.45) is 6.79. The Balaban J connectivity index is 1.90. The van der Waals surface area contributed by atoms with Crippen molar-refractivity contribution in [2.75, 3.05) is 18.8 Å². The largest absolute Gasteiger partial charge is 0.396 e. The smallest absolute Gasteiger partial charge is 0.244 e. The van der Waals surface area contributed by atoms with E-state index in [1.54, 1.807) is 17.1 Å². The molecule has 94 valence electrons. The molecule has 1 aromatic rings. The van der Waals surface area contributed by atoms with Crippen LogP contribution in [-0.2, 0) is 11.3 Å². The van der Waals surface area contributed by atoms with Crippen LogP contribution in [0.4, 0.5) is 5.69 Å². The highest BCUT2D eigenvalue weighted by Crippen LogP contribution is 2.29. The minimum absolute atomic E-state index is 0.141. The number of nitrogen functional groups attached to an aromatic ring is 1. The molecule has 1 heterocycles. The summed E-state index contributed by atoms with van der Waals surface area (Å²) in [6, 6.07) is 0. The first kappa shape index (κ1) is 12.0. The second-order valence-corrected chi connectivity index (χ2v) is 4.75. The molecule has 5 nitrogen and oxygen atoms in total. The number of hydrogen-bond acceptors (Lipinski definition) is 3. The van der Waals surface area contributed by atoms with Crippen molar-refractivity contribution in [3.8, 4) is 0 Å². The molecular formula is C12H20N4O. The molecule has 0 atom stereocenters. The van der Waals surface area contributed by atoms with Crippen LogP contribution in [0.15, 0.2) is 12.4 Å². The summed E-state index contributed by atoms with van der Waals surface area (Å²) in [4.78, 5) is 14.1. The van der Waals surface area contributed by atoms with Gasteiger partial charge in [0, 0.05) is 19.3 Å². The van der Waals surface area contributed by atoms with Gasteiger partial charge >= 0.3 is 0 Å². The van der Waals surface area contributed by atoms with E-state index in [-0.39, 0.29) is 5.91 Å². The van der Waals surface area contributed by atoms with E-state index in [9.17, 15) is 4.79 Å². The van der Waals surface area contributed by atoms with Gasteiger partial charge in [0.25, 0.3) is 0 Å². The molecule has 1 aliphatic carbocycles. The number of aromatic nitrogens is 2. The van der Waals surface area contributed by atoms with Gasteiger partial charge in [0.15, 0.2) is 0 Å². The molecule has 1 fully saturated rings. The number of rotatable bonds is 6.